The first-order chi connectivity index (χ1) is 5.57. The van der Waals surface area contributed by atoms with Crippen molar-refractivity contribution in [2.45, 2.75) is 19.4 Å². The van der Waals surface area contributed by atoms with Crippen LogP contribution in [0.5, 0.6) is 0 Å². The van der Waals surface area contributed by atoms with Gasteiger partial charge in [0.05, 0.1) is 6.61 Å². The predicted molar refractivity (Wildman–Crippen MR) is 41.7 cm³/mol. The Bertz CT molecular complexity index is 169. The molecule has 3 N–H and O–H groups in total. The molecule has 70 valence electrons. The van der Waals surface area contributed by atoms with E-state index in [0.29, 0.717) is 6.54 Å². The molecule has 0 saturated carbocycles. The number of nitrogens with two attached hydrogens (primary N) is 1. The van der Waals surface area contributed by atoms with E-state index < -0.39 is 24.3 Å². The van der Waals surface area contributed by atoms with Gasteiger partial charge in [0.25, 0.3) is 0 Å². The summed E-state index contributed by atoms with van der Waals surface area (Å²) >= 11 is 0. The average molecular weight is 175 g/mol. The van der Waals surface area contributed by atoms with E-state index in [2.05, 4.69) is 0 Å². The van der Waals surface area contributed by atoms with Crippen LogP contribution < -0.4 is 5.73 Å². The number of aliphatic carboxylic acids is 1. The maximum absolute atomic E-state index is 10.9. The summed E-state index contributed by atoms with van der Waals surface area (Å²) in [7, 11) is 0. The first-order valence-corrected chi connectivity index (χ1v) is 3.64. The molecule has 0 heterocycles. The molecule has 0 aromatic rings. The summed E-state index contributed by atoms with van der Waals surface area (Å²) in [6.07, 6.45) is -1.17. The zero-order valence-electron chi connectivity index (χ0n) is 6.95. The van der Waals surface area contributed by atoms with Gasteiger partial charge in [-0.25, -0.2) is 0 Å². The quantitative estimate of drug-likeness (QED) is 0.526. The smallest absolute Gasteiger partial charge is 0.310 e. The maximum atomic E-state index is 10.9. The number of hydrogen-bond acceptors (Lipinski definition) is 4. The van der Waals surface area contributed by atoms with E-state index in [9.17, 15) is 9.59 Å². The van der Waals surface area contributed by atoms with Crippen LogP contribution in [0.1, 0.15) is 13.3 Å². The van der Waals surface area contributed by atoms with Crippen molar-refractivity contribution in [3.8, 4) is 0 Å². The summed E-state index contributed by atoms with van der Waals surface area (Å²) < 4.78 is 4.92. The Hall–Kier alpha value is -0.940. The molecule has 0 radical (unpaired) electrons. The molecule has 0 rings (SSSR count). The van der Waals surface area contributed by atoms with E-state index in [1.54, 1.807) is 0 Å². The third-order valence-corrected chi connectivity index (χ3v) is 1.26. The van der Waals surface area contributed by atoms with Crippen LogP contribution >= 0.6 is 0 Å². The summed E-state index contributed by atoms with van der Waals surface area (Å²) in [4.78, 5) is 21.0. The van der Waals surface area contributed by atoms with Gasteiger partial charge in [0.1, 0.15) is 12.5 Å². The number of rotatable bonds is 6. The van der Waals surface area contributed by atoms with Crippen molar-refractivity contribution in [1.82, 2.24) is 0 Å². The van der Waals surface area contributed by atoms with E-state index in [1.165, 1.54) is 6.92 Å². The molecule has 0 saturated heterocycles. The van der Waals surface area contributed by atoms with Crippen molar-refractivity contribution in [2.24, 2.45) is 5.73 Å². The van der Waals surface area contributed by atoms with Gasteiger partial charge in [0.15, 0.2) is 5.78 Å². The van der Waals surface area contributed by atoms with Gasteiger partial charge in [-0.3, -0.25) is 9.59 Å². The van der Waals surface area contributed by atoms with Gasteiger partial charge in [0.2, 0.25) is 0 Å². The van der Waals surface area contributed by atoms with Crippen molar-refractivity contribution in [1.29, 1.82) is 0 Å². The van der Waals surface area contributed by atoms with Crippen molar-refractivity contribution >= 4 is 11.8 Å². The summed E-state index contributed by atoms with van der Waals surface area (Å²) in [5.41, 5.74) is 5.13. The molecule has 1 atom stereocenters. The fraction of sp³-hybridized carbons (Fsp3) is 0.714. The van der Waals surface area contributed by atoms with E-state index >= 15 is 0 Å². The molecule has 0 aromatic carbocycles. The molecular formula is C7H13NO4. The molecule has 5 nitrogen and oxygen atoms in total. The van der Waals surface area contributed by atoms with Crippen molar-refractivity contribution in [3.05, 3.63) is 0 Å². The lowest BCUT2D eigenvalue weighted by molar-refractivity contribution is -0.143. The molecule has 1 unspecified atom stereocenters. The Morgan fingerprint density at radius 1 is 1.58 bits per heavy atom. The first kappa shape index (κ1) is 11.1. The second-order valence-electron chi connectivity index (χ2n) is 2.34. The number of Topliss-reactive ketones (excluding diaryl/α,β-unsaturated/α-hetero) is 1. The van der Waals surface area contributed by atoms with Crippen LogP contribution in [0, 0.1) is 0 Å². The largest absolute Gasteiger partial charge is 0.481 e. The second kappa shape index (κ2) is 5.68. The molecule has 0 fully saturated rings. The van der Waals surface area contributed by atoms with E-state index in [0.717, 1.165) is 0 Å². The zero-order valence-corrected chi connectivity index (χ0v) is 6.95. The van der Waals surface area contributed by atoms with Gasteiger partial charge in [-0.15, -0.1) is 0 Å². The molecule has 12 heavy (non-hydrogen) atoms. The Labute approximate surface area is 70.5 Å². The normalized spacial score (nSPS) is 12.5. The number of carbonyl (C=O) groups excluding carboxylic acids is 1. The number of ketones is 1. The molecular weight excluding hydrogens is 162 g/mol. The fourth-order valence-electron chi connectivity index (χ4n) is 0.631. The Morgan fingerprint density at radius 3 is 2.58 bits per heavy atom. The zero-order chi connectivity index (χ0) is 9.56. The minimum Gasteiger partial charge on any atom is -0.481 e. The number of hydrogen-bond donors (Lipinski definition) is 2. The highest BCUT2D eigenvalue weighted by Gasteiger charge is 2.15. The van der Waals surface area contributed by atoms with E-state index in [-0.39, 0.29) is 6.61 Å². The summed E-state index contributed by atoms with van der Waals surface area (Å²) in [6.45, 7) is 2.11. The van der Waals surface area contributed by atoms with Crippen LogP contribution in [0.25, 0.3) is 0 Å². The van der Waals surface area contributed by atoms with Crippen LogP contribution in [0.3, 0.4) is 0 Å². The van der Waals surface area contributed by atoms with Gasteiger partial charge < -0.3 is 15.6 Å². The number of carboxylic acid groups (broad SMARTS) is 1. The Kier molecular flexibility index (Phi) is 5.23. The lowest BCUT2D eigenvalue weighted by atomic mass is 10.2. The second-order valence-corrected chi connectivity index (χ2v) is 2.34. The van der Waals surface area contributed by atoms with Gasteiger partial charge >= 0.3 is 5.97 Å². The van der Waals surface area contributed by atoms with Crippen molar-refractivity contribution in [3.63, 3.8) is 0 Å². The minimum atomic E-state index is -1.14. The van der Waals surface area contributed by atoms with Gasteiger partial charge in [-0.1, -0.05) is 0 Å². The molecule has 0 aliphatic carbocycles. The van der Waals surface area contributed by atoms with Crippen LogP contribution in [-0.4, -0.2) is 36.1 Å². The topological polar surface area (TPSA) is 89.6 Å². The van der Waals surface area contributed by atoms with E-state index in [4.69, 9.17) is 15.6 Å². The molecule has 0 aliphatic heterocycles. The van der Waals surface area contributed by atoms with Gasteiger partial charge in [0, 0.05) is 6.54 Å². The molecule has 0 spiro atoms. The monoisotopic (exact) mass is 175 g/mol. The van der Waals surface area contributed by atoms with Gasteiger partial charge in [-0.2, -0.15) is 0 Å². The molecule has 0 aliphatic rings. The van der Waals surface area contributed by atoms with E-state index in [1.807, 2.05) is 0 Å². The van der Waals surface area contributed by atoms with Crippen LogP contribution in [-0.2, 0) is 14.3 Å². The third kappa shape index (κ3) is 4.81. The number of carbonyl (C=O) groups is 2. The van der Waals surface area contributed by atoms with Crippen molar-refractivity contribution in [2.75, 3.05) is 13.2 Å². The highest BCUT2D eigenvalue weighted by molar-refractivity contribution is 5.97. The number of ether oxygens (including phenoxy) is 1. The third-order valence-electron chi connectivity index (χ3n) is 1.26. The Morgan fingerprint density at radius 2 is 2.17 bits per heavy atom. The van der Waals surface area contributed by atoms with Crippen LogP contribution in [0.4, 0.5) is 0 Å². The SMILES string of the molecule is CC(OCCN)C(=O)CC(=O)O. The number of carboxylic acids is 1. The summed E-state index contributed by atoms with van der Waals surface area (Å²) in [6, 6.07) is 0. The fourth-order valence-corrected chi connectivity index (χ4v) is 0.631. The highest BCUT2D eigenvalue weighted by atomic mass is 16.5. The van der Waals surface area contributed by atoms with Crippen LogP contribution in [0.15, 0.2) is 0 Å². The minimum absolute atomic E-state index is 0.270. The summed E-state index contributed by atoms with van der Waals surface area (Å²) in [5.74, 6) is -1.57. The summed E-state index contributed by atoms with van der Waals surface area (Å²) in [5, 5.41) is 8.26. The van der Waals surface area contributed by atoms with Crippen LogP contribution in [0.2, 0.25) is 0 Å². The lowest BCUT2D eigenvalue weighted by Crippen LogP contribution is -2.25. The maximum Gasteiger partial charge on any atom is 0.310 e. The molecule has 0 amide bonds. The lowest BCUT2D eigenvalue weighted by Gasteiger charge is -2.08. The first-order valence-electron chi connectivity index (χ1n) is 3.64. The standard InChI is InChI=1S/C7H13NO4/c1-5(12-3-2-8)6(9)4-7(10)11/h5H,2-4,8H2,1H3,(H,10,11). The highest BCUT2D eigenvalue weighted by Crippen LogP contribution is 1.96. The van der Waals surface area contributed by atoms with Gasteiger partial charge in [-0.05, 0) is 6.92 Å². The molecule has 0 bridgehead atoms. The Balaban J connectivity index is 3.69. The molecule has 5 heteroatoms. The predicted octanol–water partition coefficient (Wildman–Crippen LogP) is -0.606. The average Bonchev–Trinajstić information content (AvgIpc) is 1.98. The van der Waals surface area contributed by atoms with Crippen molar-refractivity contribution < 1.29 is 19.4 Å². The molecule has 0 aromatic heterocycles.